The first-order valence-corrected chi connectivity index (χ1v) is 5.41. The average Bonchev–Trinajstić information content (AvgIpc) is 2.52. The van der Waals surface area contributed by atoms with Gasteiger partial charge in [-0.05, 0) is 30.5 Å². The van der Waals surface area contributed by atoms with Gasteiger partial charge in [-0.15, -0.1) is 11.3 Å². The minimum absolute atomic E-state index is 0.539. The van der Waals surface area contributed by atoms with Crippen molar-refractivity contribution in [1.29, 1.82) is 0 Å². The number of aryl methyl sites for hydroxylation is 1. The molecule has 0 aliphatic heterocycles. The van der Waals surface area contributed by atoms with Crippen molar-refractivity contribution in [3.63, 3.8) is 0 Å². The van der Waals surface area contributed by atoms with Gasteiger partial charge in [0.25, 0.3) is 0 Å². The van der Waals surface area contributed by atoms with E-state index >= 15 is 0 Å². The lowest BCUT2D eigenvalue weighted by molar-refractivity contribution is 1.21. The molecule has 0 aliphatic carbocycles. The molecular formula is C10H9ClN2S. The van der Waals surface area contributed by atoms with E-state index < -0.39 is 0 Å². The van der Waals surface area contributed by atoms with E-state index in [0.29, 0.717) is 5.82 Å². The van der Waals surface area contributed by atoms with Gasteiger partial charge in [-0.3, -0.25) is 0 Å². The Morgan fingerprint density at radius 1 is 1.29 bits per heavy atom. The maximum Gasteiger partial charge on any atom is 0.123 e. The normalized spacial score (nSPS) is 10.4. The Hall–Kier alpha value is -1.06. The predicted octanol–water partition coefficient (Wildman–Crippen LogP) is 3.35. The van der Waals surface area contributed by atoms with Crippen molar-refractivity contribution in [2.45, 2.75) is 6.92 Å². The molecule has 0 aliphatic rings. The van der Waals surface area contributed by atoms with Gasteiger partial charge in [0.1, 0.15) is 10.2 Å². The topological polar surface area (TPSA) is 38.9 Å². The summed E-state index contributed by atoms with van der Waals surface area (Å²) in [6, 6.07) is 5.73. The van der Waals surface area contributed by atoms with Crippen LogP contribution in [-0.4, -0.2) is 4.98 Å². The first-order valence-electron chi connectivity index (χ1n) is 4.15. The number of thiophene rings is 1. The fraction of sp³-hybridized carbons (Fsp3) is 0.100. The molecule has 0 saturated carbocycles. The quantitative estimate of drug-likeness (QED) is 0.807. The first kappa shape index (κ1) is 9.49. The highest BCUT2D eigenvalue weighted by atomic mass is 35.5. The predicted molar refractivity (Wildman–Crippen MR) is 61.7 cm³/mol. The van der Waals surface area contributed by atoms with Gasteiger partial charge in [-0.25, -0.2) is 4.98 Å². The van der Waals surface area contributed by atoms with Gasteiger partial charge in [0.15, 0.2) is 0 Å². The second-order valence-corrected chi connectivity index (χ2v) is 4.50. The van der Waals surface area contributed by atoms with Crippen LogP contribution in [0.4, 0.5) is 5.82 Å². The van der Waals surface area contributed by atoms with Crippen LogP contribution in [0.25, 0.3) is 11.1 Å². The number of pyridine rings is 1. The summed E-state index contributed by atoms with van der Waals surface area (Å²) in [5.74, 6) is 0.539. The monoisotopic (exact) mass is 224 g/mol. The molecule has 0 aromatic carbocycles. The van der Waals surface area contributed by atoms with Crippen LogP contribution < -0.4 is 5.73 Å². The standard InChI is InChI=1S/C10H9ClN2S/c1-6-7(2-3-9(12)13-6)8-4-5-14-10(8)11/h2-5H,1H3,(H2,12,13). The third kappa shape index (κ3) is 1.61. The van der Waals surface area contributed by atoms with Crippen molar-refractivity contribution < 1.29 is 0 Å². The van der Waals surface area contributed by atoms with Gasteiger partial charge in [0, 0.05) is 16.8 Å². The van der Waals surface area contributed by atoms with E-state index in [1.54, 1.807) is 6.07 Å². The highest BCUT2D eigenvalue weighted by molar-refractivity contribution is 7.15. The number of hydrogen-bond donors (Lipinski definition) is 1. The SMILES string of the molecule is Cc1nc(N)ccc1-c1ccsc1Cl. The van der Waals surface area contributed by atoms with E-state index in [1.807, 2.05) is 24.4 Å². The summed E-state index contributed by atoms with van der Waals surface area (Å²) in [5.41, 5.74) is 8.56. The molecule has 0 amide bonds. The lowest BCUT2D eigenvalue weighted by Gasteiger charge is -2.04. The van der Waals surface area contributed by atoms with Crippen molar-refractivity contribution in [2.75, 3.05) is 5.73 Å². The van der Waals surface area contributed by atoms with Crippen LogP contribution in [0, 0.1) is 6.92 Å². The summed E-state index contributed by atoms with van der Waals surface area (Å²) in [6.07, 6.45) is 0. The summed E-state index contributed by atoms with van der Waals surface area (Å²) in [7, 11) is 0. The Labute approximate surface area is 91.4 Å². The maximum atomic E-state index is 6.05. The number of nitrogens with two attached hydrogens (primary N) is 1. The molecule has 2 rings (SSSR count). The average molecular weight is 225 g/mol. The van der Waals surface area contributed by atoms with Gasteiger partial charge >= 0.3 is 0 Å². The molecule has 2 N–H and O–H groups in total. The van der Waals surface area contributed by atoms with Crippen LogP contribution in [0.1, 0.15) is 5.69 Å². The van der Waals surface area contributed by atoms with Crippen molar-refractivity contribution in [3.8, 4) is 11.1 Å². The van der Waals surface area contributed by atoms with E-state index in [2.05, 4.69) is 4.98 Å². The number of nitrogen functional groups attached to an aromatic ring is 1. The molecule has 0 atom stereocenters. The van der Waals surface area contributed by atoms with Crippen molar-refractivity contribution >= 4 is 28.8 Å². The molecule has 2 nitrogen and oxygen atoms in total. The molecule has 14 heavy (non-hydrogen) atoms. The molecular weight excluding hydrogens is 216 g/mol. The van der Waals surface area contributed by atoms with Gasteiger partial charge in [0.05, 0.1) is 0 Å². The van der Waals surface area contributed by atoms with Gasteiger partial charge in [0.2, 0.25) is 0 Å². The smallest absolute Gasteiger partial charge is 0.123 e. The van der Waals surface area contributed by atoms with Crippen molar-refractivity contribution in [1.82, 2.24) is 4.98 Å². The molecule has 2 heterocycles. The Morgan fingerprint density at radius 2 is 2.07 bits per heavy atom. The van der Waals surface area contributed by atoms with Crippen LogP contribution >= 0.6 is 22.9 Å². The highest BCUT2D eigenvalue weighted by Crippen LogP contribution is 2.33. The van der Waals surface area contributed by atoms with Crippen LogP contribution in [-0.2, 0) is 0 Å². The zero-order chi connectivity index (χ0) is 10.1. The van der Waals surface area contributed by atoms with Crippen LogP contribution in [0.3, 0.4) is 0 Å². The van der Waals surface area contributed by atoms with E-state index in [4.69, 9.17) is 17.3 Å². The van der Waals surface area contributed by atoms with E-state index in [0.717, 1.165) is 21.2 Å². The molecule has 2 aromatic heterocycles. The number of aromatic nitrogens is 1. The Morgan fingerprint density at radius 3 is 2.64 bits per heavy atom. The molecule has 0 spiro atoms. The molecule has 4 heteroatoms. The summed E-state index contributed by atoms with van der Waals surface area (Å²) < 4.78 is 0.791. The van der Waals surface area contributed by atoms with E-state index in [1.165, 1.54) is 11.3 Å². The lowest BCUT2D eigenvalue weighted by atomic mass is 10.1. The highest BCUT2D eigenvalue weighted by Gasteiger charge is 2.08. The molecule has 72 valence electrons. The van der Waals surface area contributed by atoms with Crippen molar-refractivity contribution in [2.24, 2.45) is 0 Å². The Balaban J connectivity index is 2.58. The minimum atomic E-state index is 0.539. The molecule has 0 saturated heterocycles. The fourth-order valence-corrected chi connectivity index (χ4v) is 2.30. The molecule has 0 bridgehead atoms. The van der Waals surface area contributed by atoms with Crippen LogP contribution in [0.2, 0.25) is 4.34 Å². The number of halogens is 1. The summed E-state index contributed by atoms with van der Waals surface area (Å²) in [5, 5.41) is 1.97. The van der Waals surface area contributed by atoms with Gasteiger partial charge in [-0.1, -0.05) is 11.6 Å². The third-order valence-electron chi connectivity index (χ3n) is 2.02. The summed E-state index contributed by atoms with van der Waals surface area (Å²) in [6.45, 7) is 1.93. The third-order valence-corrected chi connectivity index (χ3v) is 3.19. The van der Waals surface area contributed by atoms with Crippen molar-refractivity contribution in [3.05, 3.63) is 33.6 Å². The maximum absolute atomic E-state index is 6.05. The number of rotatable bonds is 1. The van der Waals surface area contributed by atoms with Gasteiger partial charge in [-0.2, -0.15) is 0 Å². The Bertz CT molecular complexity index is 465. The lowest BCUT2D eigenvalue weighted by Crippen LogP contribution is -1.93. The first-order chi connectivity index (χ1) is 6.68. The van der Waals surface area contributed by atoms with Crippen LogP contribution in [0.15, 0.2) is 23.6 Å². The zero-order valence-corrected chi connectivity index (χ0v) is 9.19. The number of anilines is 1. The number of nitrogens with zero attached hydrogens (tertiary/aromatic N) is 1. The second kappa shape index (κ2) is 3.59. The minimum Gasteiger partial charge on any atom is -0.384 e. The molecule has 2 aromatic rings. The van der Waals surface area contributed by atoms with E-state index in [-0.39, 0.29) is 0 Å². The molecule has 0 unspecified atom stereocenters. The number of hydrogen-bond acceptors (Lipinski definition) is 3. The van der Waals surface area contributed by atoms with Crippen LogP contribution in [0.5, 0.6) is 0 Å². The van der Waals surface area contributed by atoms with E-state index in [9.17, 15) is 0 Å². The fourth-order valence-electron chi connectivity index (χ4n) is 1.35. The molecule has 0 fully saturated rings. The second-order valence-electron chi connectivity index (χ2n) is 2.98. The molecule has 0 radical (unpaired) electrons. The van der Waals surface area contributed by atoms with Gasteiger partial charge < -0.3 is 5.73 Å². The zero-order valence-electron chi connectivity index (χ0n) is 7.62. The Kier molecular flexibility index (Phi) is 2.44. The largest absolute Gasteiger partial charge is 0.384 e. The summed E-state index contributed by atoms with van der Waals surface area (Å²) >= 11 is 7.56. The summed E-state index contributed by atoms with van der Waals surface area (Å²) in [4.78, 5) is 4.19.